The van der Waals surface area contributed by atoms with Crippen LogP contribution in [0.25, 0.3) is 0 Å². The van der Waals surface area contributed by atoms with Crippen LogP contribution in [0.2, 0.25) is 0 Å². The van der Waals surface area contributed by atoms with Crippen molar-refractivity contribution in [1.82, 2.24) is 0 Å². The molecule has 0 aromatic heterocycles. The van der Waals surface area contributed by atoms with Gasteiger partial charge in [0.15, 0.2) is 0 Å². The van der Waals surface area contributed by atoms with E-state index < -0.39 is 0 Å². The lowest BCUT2D eigenvalue weighted by Gasteiger charge is -2.22. The molecule has 2 nitrogen and oxygen atoms in total. The van der Waals surface area contributed by atoms with E-state index in [1.165, 1.54) is 0 Å². The molecule has 0 spiro atoms. The second-order valence-electron chi connectivity index (χ2n) is 3.25. The van der Waals surface area contributed by atoms with E-state index >= 15 is 0 Å². The van der Waals surface area contributed by atoms with E-state index in [4.69, 9.17) is 6.42 Å². The third-order valence-corrected chi connectivity index (χ3v) is 2.48. The van der Waals surface area contributed by atoms with E-state index in [9.17, 15) is 4.91 Å². The molecule has 0 N–H and O–H groups in total. The fourth-order valence-corrected chi connectivity index (χ4v) is 1.56. The zero-order valence-corrected chi connectivity index (χ0v) is 8.36. The van der Waals surface area contributed by atoms with Crippen LogP contribution >= 0.6 is 0 Å². The van der Waals surface area contributed by atoms with Gasteiger partial charge in [-0.25, -0.2) is 0 Å². The van der Waals surface area contributed by atoms with Crippen LogP contribution < -0.4 is 0 Å². The maximum absolute atomic E-state index is 10.5. The molecule has 2 heteroatoms. The SMILES string of the molecule is C#CC[C@@H](N=O)[C@H](CC)[C@H](C)C=C. The number of terminal acetylenes is 1. The van der Waals surface area contributed by atoms with E-state index in [1.54, 1.807) is 0 Å². The Kier molecular flexibility index (Phi) is 5.88. The summed E-state index contributed by atoms with van der Waals surface area (Å²) >= 11 is 0. The van der Waals surface area contributed by atoms with Crippen molar-refractivity contribution in [2.75, 3.05) is 0 Å². The molecule has 0 fully saturated rings. The first-order chi connectivity index (χ1) is 6.21. The summed E-state index contributed by atoms with van der Waals surface area (Å²) in [5.74, 6) is 3.00. The van der Waals surface area contributed by atoms with E-state index in [-0.39, 0.29) is 12.0 Å². The quantitative estimate of drug-likeness (QED) is 0.350. The molecule has 0 aromatic rings. The molecule has 0 radical (unpaired) electrons. The predicted octanol–water partition coefficient (Wildman–Crippen LogP) is 2.99. The summed E-state index contributed by atoms with van der Waals surface area (Å²) in [6, 6.07) is -0.261. The highest BCUT2D eigenvalue weighted by atomic mass is 16.3. The zero-order valence-electron chi connectivity index (χ0n) is 8.36. The first-order valence-corrected chi connectivity index (χ1v) is 4.59. The van der Waals surface area contributed by atoms with Crippen LogP contribution in [-0.4, -0.2) is 6.04 Å². The van der Waals surface area contributed by atoms with Crippen LogP contribution in [0.3, 0.4) is 0 Å². The summed E-state index contributed by atoms with van der Waals surface area (Å²) < 4.78 is 0. The lowest BCUT2D eigenvalue weighted by Crippen LogP contribution is -2.22. The third kappa shape index (κ3) is 3.42. The fourth-order valence-electron chi connectivity index (χ4n) is 1.56. The first-order valence-electron chi connectivity index (χ1n) is 4.59. The number of rotatable bonds is 6. The Morgan fingerprint density at radius 1 is 1.69 bits per heavy atom. The first kappa shape index (κ1) is 11.9. The Morgan fingerprint density at radius 3 is 2.62 bits per heavy atom. The molecule has 0 aliphatic carbocycles. The molecule has 0 bridgehead atoms. The van der Waals surface area contributed by atoms with Crippen molar-refractivity contribution in [1.29, 1.82) is 0 Å². The number of allylic oxidation sites excluding steroid dienone is 1. The second-order valence-corrected chi connectivity index (χ2v) is 3.25. The topological polar surface area (TPSA) is 29.4 Å². The summed E-state index contributed by atoms with van der Waals surface area (Å²) in [5.41, 5.74) is 0. The van der Waals surface area contributed by atoms with Gasteiger partial charge in [-0.2, -0.15) is 4.91 Å². The minimum Gasteiger partial charge on any atom is -0.150 e. The van der Waals surface area contributed by atoms with Crippen LogP contribution in [0.5, 0.6) is 0 Å². The maximum Gasteiger partial charge on any atom is 0.106 e. The smallest absolute Gasteiger partial charge is 0.106 e. The highest BCUT2D eigenvalue weighted by Crippen LogP contribution is 2.24. The van der Waals surface area contributed by atoms with Gasteiger partial charge >= 0.3 is 0 Å². The molecular formula is C11H17NO. The highest BCUT2D eigenvalue weighted by molar-refractivity contribution is 4.95. The third-order valence-electron chi connectivity index (χ3n) is 2.48. The minimum absolute atomic E-state index is 0.228. The largest absolute Gasteiger partial charge is 0.150 e. The van der Waals surface area contributed by atoms with E-state index in [0.29, 0.717) is 12.3 Å². The average Bonchev–Trinajstić information content (AvgIpc) is 2.17. The number of hydrogen-bond donors (Lipinski definition) is 0. The lowest BCUT2D eigenvalue weighted by molar-refractivity contribution is 0.337. The van der Waals surface area contributed by atoms with Gasteiger partial charge in [-0.1, -0.05) is 31.5 Å². The molecule has 3 atom stereocenters. The van der Waals surface area contributed by atoms with E-state index in [0.717, 1.165) is 6.42 Å². The van der Waals surface area contributed by atoms with Crippen molar-refractivity contribution in [3.8, 4) is 12.3 Å². The Balaban J connectivity index is 4.42. The van der Waals surface area contributed by atoms with Gasteiger partial charge in [0.05, 0.1) is 0 Å². The van der Waals surface area contributed by atoms with Crippen molar-refractivity contribution in [3.05, 3.63) is 17.6 Å². The van der Waals surface area contributed by atoms with Crippen molar-refractivity contribution >= 4 is 0 Å². The standard InChI is InChI=1S/C11H17NO/c1-5-8-11(12-13)10(7-3)9(4)6-2/h1,6,9-11H,2,7-8H2,3-4H3/t9-,10-,11-/m1/s1. The maximum atomic E-state index is 10.5. The van der Waals surface area contributed by atoms with Gasteiger partial charge in [0, 0.05) is 6.42 Å². The Hall–Kier alpha value is -1.10. The summed E-state index contributed by atoms with van der Waals surface area (Å²) in [6.07, 6.45) is 8.35. The summed E-state index contributed by atoms with van der Waals surface area (Å²) in [4.78, 5) is 10.5. The van der Waals surface area contributed by atoms with Gasteiger partial charge in [-0.3, -0.25) is 0 Å². The van der Waals surface area contributed by atoms with Gasteiger partial charge in [0.1, 0.15) is 6.04 Å². The fraction of sp³-hybridized carbons (Fsp3) is 0.636. The number of hydrogen-bond acceptors (Lipinski definition) is 2. The number of nitrogens with zero attached hydrogens (tertiary/aromatic N) is 1. The van der Waals surface area contributed by atoms with Gasteiger partial charge in [0.2, 0.25) is 0 Å². The van der Waals surface area contributed by atoms with Crippen molar-refractivity contribution in [3.63, 3.8) is 0 Å². The van der Waals surface area contributed by atoms with Gasteiger partial charge in [-0.05, 0) is 11.8 Å². The van der Waals surface area contributed by atoms with Crippen molar-refractivity contribution in [2.24, 2.45) is 17.0 Å². The molecule has 0 saturated heterocycles. The molecule has 0 aromatic carbocycles. The summed E-state index contributed by atoms with van der Waals surface area (Å²) in [5, 5.41) is 3.08. The monoisotopic (exact) mass is 179 g/mol. The van der Waals surface area contributed by atoms with Crippen LogP contribution in [0, 0.1) is 29.1 Å². The van der Waals surface area contributed by atoms with Gasteiger partial charge < -0.3 is 0 Å². The molecule has 0 heterocycles. The van der Waals surface area contributed by atoms with Crippen molar-refractivity contribution < 1.29 is 0 Å². The van der Waals surface area contributed by atoms with E-state index in [1.807, 2.05) is 19.9 Å². The van der Waals surface area contributed by atoms with Crippen molar-refractivity contribution in [2.45, 2.75) is 32.7 Å². The lowest BCUT2D eigenvalue weighted by atomic mass is 9.84. The molecule has 0 saturated carbocycles. The Labute approximate surface area is 80.4 Å². The Morgan fingerprint density at radius 2 is 2.31 bits per heavy atom. The normalized spacial score (nSPS) is 16.7. The highest BCUT2D eigenvalue weighted by Gasteiger charge is 2.23. The zero-order chi connectivity index (χ0) is 10.3. The summed E-state index contributed by atoms with van der Waals surface area (Å²) in [7, 11) is 0. The van der Waals surface area contributed by atoms with Gasteiger partial charge in [0.25, 0.3) is 0 Å². The number of nitroso groups, excluding NO2 is 1. The van der Waals surface area contributed by atoms with Crippen LogP contribution in [0.15, 0.2) is 17.8 Å². The molecule has 72 valence electrons. The Bertz CT molecular complexity index is 205. The molecule has 0 aliphatic rings. The predicted molar refractivity (Wildman–Crippen MR) is 56.2 cm³/mol. The molecular weight excluding hydrogens is 162 g/mol. The van der Waals surface area contributed by atoms with E-state index in [2.05, 4.69) is 17.7 Å². The summed E-state index contributed by atoms with van der Waals surface area (Å²) in [6.45, 7) is 7.79. The minimum atomic E-state index is -0.261. The molecule has 13 heavy (non-hydrogen) atoms. The molecule has 0 aliphatic heterocycles. The van der Waals surface area contributed by atoms with Crippen LogP contribution in [0.1, 0.15) is 26.7 Å². The van der Waals surface area contributed by atoms with Crippen LogP contribution in [-0.2, 0) is 0 Å². The van der Waals surface area contributed by atoms with Gasteiger partial charge in [-0.15, -0.1) is 18.9 Å². The molecule has 0 amide bonds. The average molecular weight is 179 g/mol. The second kappa shape index (κ2) is 6.42. The molecule has 0 rings (SSSR count). The van der Waals surface area contributed by atoms with Crippen LogP contribution in [0.4, 0.5) is 0 Å². The molecule has 0 unspecified atom stereocenters.